The standard InChI is InChI=1S/C30H23N5O2/c1-4-18-5-2-8-23(20(18)6-1)28-33-26-24-16-19(21-7-3-9-25-22(21)10-11-31-25)17-32-30(24)37-27(26)29(34-28)35-12-14-36-15-13-35/h1-3,5-11,16-17,31H,4,12-15H2. The number of furan rings is 1. The summed E-state index contributed by atoms with van der Waals surface area (Å²) in [5.74, 6) is 1.51. The van der Waals surface area contributed by atoms with Crippen molar-refractivity contribution in [2.24, 2.45) is 0 Å². The van der Waals surface area contributed by atoms with Gasteiger partial charge in [0, 0.05) is 47.5 Å². The van der Waals surface area contributed by atoms with E-state index in [1.54, 1.807) is 0 Å². The first-order chi connectivity index (χ1) is 18.3. The Morgan fingerprint density at radius 1 is 0.919 bits per heavy atom. The molecule has 2 aromatic carbocycles. The summed E-state index contributed by atoms with van der Waals surface area (Å²) in [7, 11) is 0. The fourth-order valence-electron chi connectivity index (χ4n) is 5.60. The highest BCUT2D eigenvalue weighted by atomic mass is 16.5. The van der Waals surface area contributed by atoms with Gasteiger partial charge < -0.3 is 19.0 Å². The molecule has 7 nitrogen and oxygen atoms in total. The molecule has 5 heterocycles. The molecule has 1 saturated heterocycles. The van der Waals surface area contributed by atoms with Crippen molar-refractivity contribution < 1.29 is 9.15 Å². The molecule has 4 aromatic heterocycles. The zero-order valence-corrected chi connectivity index (χ0v) is 20.1. The maximum Gasteiger partial charge on any atom is 0.229 e. The molecule has 1 fully saturated rings. The Labute approximate surface area is 212 Å². The Hall–Kier alpha value is -4.49. The van der Waals surface area contributed by atoms with Gasteiger partial charge in [-0.25, -0.2) is 15.0 Å². The second kappa shape index (κ2) is 8.01. The van der Waals surface area contributed by atoms with Gasteiger partial charge in [0.2, 0.25) is 5.71 Å². The van der Waals surface area contributed by atoms with E-state index in [1.165, 1.54) is 11.1 Å². The van der Waals surface area contributed by atoms with Gasteiger partial charge >= 0.3 is 0 Å². The molecule has 0 bridgehead atoms. The van der Waals surface area contributed by atoms with Gasteiger partial charge in [0.1, 0.15) is 5.52 Å². The summed E-state index contributed by atoms with van der Waals surface area (Å²) in [5, 5.41) is 2.05. The zero-order chi connectivity index (χ0) is 24.3. The Kier molecular flexibility index (Phi) is 4.48. The van der Waals surface area contributed by atoms with E-state index in [1.807, 2.05) is 12.4 Å². The van der Waals surface area contributed by atoms with E-state index in [4.69, 9.17) is 24.1 Å². The number of hydrogen-bond donors (Lipinski definition) is 1. The summed E-state index contributed by atoms with van der Waals surface area (Å²) in [6.07, 6.45) is 9.16. The van der Waals surface area contributed by atoms with E-state index >= 15 is 0 Å². The van der Waals surface area contributed by atoms with Crippen molar-refractivity contribution in [3.63, 3.8) is 0 Å². The van der Waals surface area contributed by atoms with Gasteiger partial charge in [0.15, 0.2) is 17.2 Å². The molecule has 37 heavy (non-hydrogen) atoms. The molecule has 6 aromatic rings. The lowest BCUT2D eigenvalue weighted by Gasteiger charge is -2.27. The average Bonchev–Trinajstić information content (AvgIpc) is 3.70. The first kappa shape index (κ1) is 20.7. The number of nitrogens with zero attached hydrogens (tertiary/aromatic N) is 4. The van der Waals surface area contributed by atoms with E-state index < -0.39 is 0 Å². The Morgan fingerprint density at radius 2 is 1.81 bits per heavy atom. The molecule has 8 rings (SSSR count). The van der Waals surface area contributed by atoms with Gasteiger partial charge in [0.25, 0.3) is 0 Å². The minimum absolute atomic E-state index is 0.569. The smallest absolute Gasteiger partial charge is 0.229 e. The molecule has 180 valence electrons. The van der Waals surface area contributed by atoms with Crippen molar-refractivity contribution in [1.82, 2.24) is 19.9 Å². The van der Waals surface area contributed by atoms with Gasteiger partial charge in [-0.05, 0) is 41.3 Å². The summed E-state index contributed by atoms with van der Waals surface area (Å²) in [6, 6.07) is 16.9. The quantitative estimate of drug-likeness (QED) is 0.332. The monoisotopic (exact) mass is 485 g/mol. The highest BCUT2D eigenvalue weighted by Gasteiger charge is 2.24. The molecule has 2 aliphatic rings. The summed E-state index contributed by atoms with van der Waals surface area (Å²) in [6.45, 7) is 2.83. The number of fused-ring (bicyclic) bond motifs is 5. The van der Waals surface area contributed by atoms with E-state index in [2.05, 4.69) is 70.6 Å². The number of nitrogens with one attached hydrogen (secondary N) is 1. The van der Waals surface area contributed by atoms with E-state index in [9.17, 15) is 0 Å². The van der Waals surface area contributed by atoms with Crippen LogP contribution in [-0.2, 0) is 11.2 Å². The molecule has 0 amide bonds. The highest BCUT2D eigenvalue weighted by Crippen LogP contribution is 2.38. The van der Waals surface area contributed by atoms with Crippen LogP contribution in [0.2, 0.25) is 0 Å². The van der Waals surface area contributed by atoms with Crippen molar-refractivity contribution in [1.29, 1.82) is 0 Å². The minimum Gasteiger partial charge on any atom is -0.432 e. The largest absolute Gasteiger partial charge is 0.432 e. The normalized spacial score (nSPS) is 15.3. The Morgan fingerprint density at radius 3 is 2.76 bits per heavy atom. The molecule has 7 heteroatoms. The second-order valence-corrected chi connectivity index (χ2v) is 9.56. The van der Waals surface area contributed by atoms with Crippen LogP contribution in [0.1, 0.15) is 11.1 Å². The SMILES string of the molecule is C1=Cc2c(cccc2-c2nc(N3CCOCC3)c3oc4ncc(-c5cccc6[nH]ccc56)cc4c3n2)C1. The number of benzene rings is 2. The molecular formula is C30H23N5O2. The van der Waals surface area contributed by atoms with Crippen LogP contribution in [0.3, 0.4) is 0 Å². The fourth-order valence-corrected chi connectivity index (χ4v) is 5.60. The van der Waals surface area contributed by atoms with Crippen LogP contribution >= 0.6 is 0 Å². The van der Waals surface area contributed by atoms with E-state index in [0.717, 1.165) is 63.8 Å². The number of anilines is 1. The number of morpholine rings is 1. The van der Waals surface area contributed by atoms with Crippen LogP contribution in [0.4, 0.5) is 5.82 Å². The maximum atomic E-state index is 6.34. The van der Waals surface area contributed by atoms with Gasteiger partial charge in [-0.2, -0.15) is 0 Å². The van der Waals surface area contributed by atoms with Crippen LogP contribution in [0.5, 0.6) is 0 Å². The third kappa shape index (κ3) is 3.21. The molecule has 0 saturated carbocycles. The lowest BCUT2D eigenvalue weighted by Crippen LogP contribution is -2.37. The zero-order valence-electron chi connectivity index (χ0n) is 20.1. The van der Waals surface area contributed by atoms with Crippen molar-refractivity contribution in [3.05, 3.63) is 78.1 Å². The summed E-state index contributed by atoms with van der Waals surface area (Å²) in [4.78, 5) is 20.5. The predicted octanol–water partition coefficient (Wildman–Crippen LogP) is 5.99. The molecule has 1 aliphatic carbocycles. The van der Waals surface area contributed by atoms with Crippen molar-refractivity contribution in [3.8, 4) is 22.5 Å². The lowest BCUT2D eigenvalue weighted by atomic mass is 10.0. The maximum absolute atomic E-state index is 6.34. The molecule has 0 radical (unpaired) electrons. The highest BCUT2D eigenvalue weighted by molar-refractivity contribution is 6.07. The lowest BCUT2D eigenvalue weighted by molar-refractivity contribution is 0.122. The number of aromatic amines is 1. The van der Waals surface area contributed by atoms with Gasteiger partial charge in [-0.1, -0.05) is 42.5 Å². The summed E-state index contributed by atoms with van der Waals surface area (Å²) in [5.41, 5.74) is 8.81. The van der Waals surface area contributed by atoms with Crippen molar-refractivity contribution in [2.75, 3.05) is 31.2 Å². The Bertz CT molecular complexity index is 1860. The molecule has 0 spiro atoms. The number of hydrogen-bond acceptors (Lipinski definition) is 6. The van der Waals surface area contributed by atoms with Crippen LogP contribution < -0.4 is 4.90 Å². The topological polar surface area (TPSA) is 80.1 Å². The fraction of sp³-hybridized carbons (Fsp3) is 0.167. The van der Waals surface area contributed by atoms with Gasteiger partial charge in [-0.3, -0.25) is 0 Å². The first-order valence-electron chi connectivity index (χ1n) is 12.6. The number of allylic oxidation sites excluding steroid dienone is 1. The first-order valence-corrected chi connectivity index (χ1v) is 12.6. The number of rotatable bonds is 3. The van der Waals surface area contributed by atoms with E-state index in [-0.39, 0.29) is 0 Å². The Balaban J connectivity index is 1.39. The molecule has 0 unspecified atom stereocenters. The predicted molar refractivity (Wildman–Crippen MR) is 146 cm³/mol. The minimum atomic E-state index is 0.569. The molecule has 1 aliphatic heterocycles. The van der Waals surface area contributed by atoms with Gasteiger partial charge in [-0.15, -0.1) is 0 Å². The van der Waals surface area contributed by atoms with Crippen molar-refractivity contribution in [2.45, 2.75) is 6.42 Å². The molecule has 0 atom stereocenters. The second-order valence-electron chi connectivity index (χ2n) is 9.56. The summed E-state index contributed by atoms with van der Waals surface area (Å²) >= 11 is 0. The van der Waals surface area contributed by atoms with Crippen LogP contribution in [0.25, 0.3) is 61.7 Å². The number of H-pyrrole nitrogens is 1. The van der Waals surface area contributed by atoms with Crippen molar-refractivity contribution >= 4 is 45.0 Å². The number of pyridine rings is 1. The van der Waals surface area contributed by atoms with Crippen LogP contribution in [0, 0.1) is 0 Å². The van der Waals surface area contributed by atoms with Crippen LogP contribution in [-0.4, -0.2) is 46.2 Å². The molecule has 1 N–H and O–H groups in total. The average molecular weight is 486 g/mol. The summed E-state index contributed by atoms with van der Waals surface area (Å²) < 4.78 is 12.0. The van der Waals surface area contributed by atoms with E-state index in [0.29, 0.717) is 30.3 Å². The number of aromatic nitrogens is 4. The number of ether oxygens (including phenoxy) is 1. The molecular weight excluding hydrogens is 462 g/mol. The van der Waals surface area contributed by atoms with Gasteiger partial charge in [0.05, 0.1) is 18.6 Å². The third-order valence-electron chi connectivity index (χ3n) is 7.43. The van der Waals surface area contributed by atoms with Crippen LogP contribution in [0.15, 0.2) is 71.4 Å². The third-order valence-corrected chi connectivity index (χ3v) is 7.43.